The lowest BCUT2D eigenvalue weighted by Crippen LogP contribution is -2.43. The van der Waals surface area contributed by atoms with Crippen LogP contribution in [0.5, 0.6) is 0 Å². The fourth-order valence-corrected chi connectivity index (χ4v) is 3.57. The van der Waals surface area contributed by atoms with Crippen molar-refractivity contribution in [3.05, 3.63) is 35.9 Å². The van der Waals surface area contributed by atoms with Gasteiger partial charge in [0.1, 0.15) is 0 Å². The van der Waals surface area contributed by atoms with Crippen LogP contribution in [0.3, 0.4) is 0 Å². The molecule has 1 aliphatic heterocycles. The Kier molecular flexibility index (Phi) is 4.37. The van der Waals surface area contributed by atoms with E-state index in [1.807, 2.05) is 37.3 Å². The van der Waals surface area contributed by atoms with Gasteiger partial charge in [-0.1, -0.05) is 37.3 Å². The fraction of sp³-hybridized carbons (Fsp3) is 0.500. The van der Waals surface area contributed by atoms with Crippen molar-refractivity contribution in [3.63, 3.8) is 0 Å². The number of hydrogen-bond acceptors (Lipinski definition) is 4. The van der Waals surface area contributed by atoms with Crippen LogP contribution < -0.4 is 0 Å². The van der Waals surface area contributed by atoms with Gasteiger partial charge in [0.05, 0.1) is 11.5 Å². The summed E-state index contributed by atoms with van der Waals surface area (Å²) in [4.78, 5) is 14.3. The molecule has 0 radical (unpaired) electrons. The van der Waals surface area contributed by atoms with Gasteiger partial charge in [-0.25, -0.2) is 8.42 Å². The van der Waals surface area contributed by atoms with E-state index in [2.05, 4.69) is 4.90 Å². The quantitative estimate of drug-likeness (QED) is 0.779. The zero-order chi connectivity index (χ0) is 13.9. The maximum absolute atomic E-state index is 12.2. The highest BCUT2D eigenvalue weighted by atomic mass is 32.2. The van der Waals surface area contributed by atoms with E-state index >= 15 is 0 Å². The number of sulfone groups is 1. The molecule has 1 aromatic rings. The molecule has 19 heavy (non-hydrogen) atoms. The van der Waals surface area contributed by atoms with Gasteiger partial charge in [0.2, 0.25) is 0 Å². The molecular formula is C14H19NO3S. The molecule has 2 rings (SSSR count). The van der Waals surface area contributed by atoms with Crippen molar-refractivity contribution in [1.82, 2.24) is 4.90 Å². The van der Waals surface area contributed by atoms with E-state index in [0.717, 1.165) is 5.56 Å². The molecule has 1 atom stereocenters. The molecule has 0 amide bonds. The van der Waals surface area contributed by atoms with Crippen molar-refractivity contribution in [2.24, 2.45) is 5.92 Å². The summed E-state index contributed by atoms with van der Waals surface area (Å²) >= 11 is 0. The maximum atomic E-state index is 12.2. The summed E-state index contributed by atoms with van der Waals surface area (Å²) in [6, 6.07) is 9.23. The normalized spacial score (nSPS) is 20.9. The van der Waals surface area contributed by atoms with Gasteiger partial charge in [-0.05, 0) is 0 Å². The number of hydrogen-bond donors (Lipinski definition) is 0. The molecule has 1 saturated heterocycles. The molecule has 0 N–H and O–H groups in total. The average molecular weight is 281 g/mol. The van der Waals surface area contributed by atoms with Gasteiger partial charge < -0.3 is 4.90 Å². The SMILES string of the molecule is CC(CN1CCS(=O)(=O)CC1)C(=O)c1ccccc1. The number of rotatable bonds is 4. The minimum Gasteiger partial charge on any atom is -0.301 e. The molecule has 4 nitrogen and oxygen atoms in total. The lowest BCUT2D eigenvalue weighted by atomic mass is 9.99. The van der Waals surface area contributed by atoms with Crippen LogP contribution in [0, 0.1) is 5.92 Å². The molecule has 1 aromatic carbocycles. The Morgan fingerprint density at radius 2 is 1.79 bits per heavy atom. The Labute approximate surface area is 114 Å². The fourth-order valence-electron chi connectivity index (χ4n) is 2.29. The highest BCUT2D eigenvalue weighted by Crippen LogP contribution is 2.12. The van der Waals surface area contributed by atoms with Crippen molar-refractivity contribution >= 4 is 15.6 Å². The number of ketones is 1. The Hall–Kier alpha value is -1.20. The number of benzene rings is 1. The second kappa shape index (κ2) is 5.84. The van der Waals surface area contributed by atoms with Crippen molar-refractivity contribution in [2.75, 3.05) is 31.1 Å². The molecule has 0 spiro atoms. The third kappa shape index (κ3) is 3.88. The van der Waals surface area contributed by atoms with Crippen LogP contribution in [0.15, 0.2) is 30.3 Å². The van der Waals surface area contributed by atoms with Gasteiger partial charge in [0, 0.05) is 31.1 Å². The monoisotopic (exact) mass is 281 g/mol. The molecule has 0 bridgehead atoms. The molecule has 1 aliphatic rings. The third-order valence-corrected chi connectivity index (χ3v) is 5.08. The Morgan fingerprint density at radius 1 is 1.21 bits per heavy atom. The summed E-state index contributed by atoms with van der Waals surface area (Å²) in [5.74, 6) is 0.427. The highest BCUT2D eigenvalue weighted by Gasteiger charge is 2.24. The van der Waals surface area contributed by atoms with E-state index in [4.69, 9.17) is 0 Å². The first kappa shape index (κ1) is 14.2. The van der Waals surface area contributed by atoms with Gasteiger partial charge >= 0.3 is 0 Å². The van der Waals surface area contributed by atoms with E-state index in [1.165, 1.54) is 0 Å². The van der Waals surface area contributed by atoms with Gasteiger partial charge in [-0.2, -0.15) is 0 Å². The van der Waals surface area contributed by atoms with E-state index < -0.39 is 9.84 Å². The maximum Gasteiger partial charge on any atom is 0.166 e. The van der Waals surface area contributed by atoms with Crippen LogP contribution in [0.2, 0.25) is 0 Å². The Balaban J connectivity index is 1.91. The Bertz CT molecular complexity index is 525. The van der Waals surface area contributed by atoms with Crippen LogP contribution in [-0.4, -0.2) is 50.2 Å². The zero-order valence-electron chi connectivity index (χ0n) is 11.1. The molecule has 1 heterocycles. The zero-order valence-corrected chi connectivity index (χ0v) is 11.9. The number of nitrogens with zero attached hydrogens (tertiary/aromatic N) is 1. The lowest BCUT2D eigenvalue weighted by Gasteiger charge is -2.28. The standard InChI is InChI=1S/C14H19NO3S/c1-12(14(16)13-5-3-2-4-6-13)11-15-7-9-19(17,18)10-8-15/h2-6,12H,7-11H2,1H3. The van der Waals surface area contributed by atoms with Crippen molar-refractivity contribution in [3.8, 4) is 0 Å². The number of Topliss-reactive ketones (excluding diaryl/α,β-unsaturated/α-hetero) is 1. The van der Waals surface area contributed by atoms with Crippen LogP contribution in [0.1, 0.15) is 17.3 Å². The summed E-state index contributed by atoms with van der Waals surface area (Å²) < 4.78 is 22.7. The first-order chi connectivity index (χ1) is 8.98. The summed E-state index contributed by atoms with van der Waals surface area (Å²) in [6.45, 7) is 3.60. The second-order valence-electron chi connectivity index (χ2n) is 5.08. The van der Waals surface area contributed by atoms with E-state index in [-0.39, 0.29) is 23.2 Å². The van der Waals surface area contributed by atoms with E-state index in [0.29, 0.717) is 19.6 Å². The van der Waals surface area contributed by atoms with Crippen LogP contribution in [0.25, 0.3) is 0 Å². The third-order valence-electron chi connectivity index (χ3n) is 3.47. The second-order valence-corrected chi connectivity index (χ2v) is 7.39. The summed E-state index contributed by atoms with van der Waals surface area (Å²) in [5, 5.41) is 0. The average Bonchev–Trinajstić information content (AvgIpc) is 2.41. The van der Waals surface area contributed by atoms with E-state index in [1.54, 1.807) is 0 Å². The van der Waals surface area contributed by atoms with Gasteiger partial charge in [-0.15, -0.1) is 0 Å². The smallest absolute Gasteiger partial charge is 0.166 e. The highest BCUT2D eigenvalue weighted by molar-refractivity contribution is 7.91. The molecule has 104 valence electrons. The predicted molar refractivity (Wildman–Crippen MR) is 75.0 cm³/mol. The summed E-state index contributed by atoms with van der Waals surface area (Å²) in [5.41, 5.74) is 0.722. The molecule has 0 aromatic heterocycles. The van der Waals surface area contributed by atoms with Gasteiger partial charge in [-0.3, -0.25) is 4.79 Å². The Morgan fingerprint density at radius 3 is 2.37 bits per heavy atom. The van der Waals surface area contributed by atoms with Crippen molar-refractivity contribution in [2.45, 2.75) is 6.92 Å². The van der Waals surface area contributed by atoms with Crippen molar-refractivity contribution in [1.29, 1.82) is 0 Å². The predicted octanol–water partition coefficient (Wildman–Crippen LogP) is 1.24. The number of carbonyl (C=O) groups is 1. The minimum absolute atomic E-state index is 0.108. The van der Waals surface area contributed by atoms with E-state index in [9.17, 15) is 13.2 Å². The largest absolute Gasteiger partial charge is 0.301 e. The summed E-state index contributed by atoms with van der Waals surface area (Å²) in [6.07, 6.45) is 0. The van der Waals surface area contributed by atoms with Crippen LogP contribution >= 0.6 is 0 Å². The van der Waals surface area contributed by atoms with Gasteiger partial charge in [0.25, 0.3) is 0 Å². The molecule has 0 saturated carbocycles. The molecule has 0 aliphatic carbocycles. The van der Waals surface area contributed by atoms with Crippen molar-refractivity contribution < 1.29 is 13.2 Å². The molecular weight excluding hydrogens is 262 g/mol. The first-order valence-electron chi connectivity index (χ1n) is 6.50. The molecule has 1 unspecified atom stereocenters. The van der Waals surface area contributed by atoms with Gasteiger partial charge in [0.15, 0.2) is 15.6 Å². The topological polar surface area (TPSA) is 54.5 Å². The van der Waals surface area contributed by atoms with Crippen LogP contribution in [-0.2, 0) is 9.84 Å². The minimum atomic E-state index is -2.85. The van der Waals surface area contributed by atoms with Crippen LogP contribution in [0.4, 0.5) is 0 Å². The molecule has 1 fully saturated rings. The lowest BCUT2D eigenvalue weighted by molar-refractivity contribution is 0.0897. The molecule has 5 heteroatoms. The number of carbonyl (C=O) groups excluding carboxylic acids is 1. The summed E-state index contributed by atoms with van der Waals surface area (Å²) in [7, 11) is -2.85. The first-order valence-corrected chi connectivity index (χ1v) is 8.32.